The van der Waals surface area contributed by atoms with Gasteiger partial charge in [0.2, 0.25) is 10.0 Å². The van der Waals surface area contributed by atoms with Gasteiger partial charge >= 0.3 is 0 Å². The van der Waals surface area contributed by atoms with E-state index in [1.165, 1.54) is 0 Å². The number of rotatable bonds is 7. The zero-order valence-electron chi connectivity index (χ0n) is 10.3. The number of para-hydroxylation sites is 1. The van der Waals surface area contributed by atoms with Gasteiger partial charge in [0, 0.05) is 18.3 Å². The Morgan fingerprint density at radius 3 is 2.72 bits per heavy atom. The fraction of sp³-hybridized carbons (Fsp3) is 0.500. The standard InChI is InChI=1S/C12H18N2O2S2/c1-17-9-8-13-11-4-2-3-5-12(11)18(15,16)14-10-6-7-10/h2-5,10,13-14H,6-9H2,1H3. The van der Waals surface area contributed by atoms with E-state index in [1.54, 1.807) is 23.9 Å². The third kappa shape index (κ3) is 3.63. The van der Waals surface area contributed by atoms with Gasteiger partial charge in [0.05, 0.1) is 5.69 Å². The van der Waals surface area contributed by atoms with Gasteiger partial charge in [-0.15, -0.1) is 0 Å². The second-order valence-electron chi connectivity index (χ2n) is 4.31. The minimum atomic E-state index is -3.38. The van der Waals surface area contributed by atoms with Crippen molar-refractivity contribution in [3.63, 3.8) is 0 Å². The summed E-state index contributed by atoms with van der Waals surface area (Å²) in [7, 11) is -3.38. The van der Waals surface area contributed by atoms with Crippen LogP contribution in [0.2, 0.25) is 0 Å². The molecule has 6 heteroatoms. The molecule has 1 aromatic rings. The van der Waals surface area contributed by atoms with E-state index in [9.17, 15) is 8.42 Å². The maximum Gasteiger partial charge on any atom is 0.242 e. The molecular formula is C12H18N2O2S2. The van der Waals surface area contributed by atoms with E-state index in [0.717, 1.165) is 25.1 Å². The van der Waals surface area contributed by atoms with Crippen LogP contribution in [0.5, 0.6) is 0 Å². The first-order chi connectivity index (χ1) is 8.63. The maximum atomic E-state index is 12.2. The molecule has 4 nitrogen and oxygen atoms in total. The first kappa shape index (κ1) is 13.7. The van der Waals surface area contributed by atoms with Gasteiger partial charge in [0.15, 0.2) is 0 Å². The largest absolute Gasteiger partial charge is 0.383 e. The fourth-order valence-electron chi connectivity index (χ4n) is 1.62. The molecule has 0 amide bonds. The van der Waals surface area contributed by atoms with E-state index in [-0.39, 0.29) is 6.04 Å². The third-order valence-corrected chi connectivity index (χ3v) is 4.89. The molecule has 1 aromatic carbocycles. The quantitative estimate of drug-likeness (QED) is 0.752. The first-order valence-electron chi connectivity index (χ1n) is 5.97. The number of sulfonamides is 1. The molecule has 1 saturated carbocycles. The number of benzene rings is 1. The first-order valence-corrected chi connectivity index (χ1v) is 8.85. The minimum absolute atomic E-state index is 0.134. The van der Waals surface area contributed by atoms with Crippen molar-refractivity contribution in [1.82, 2.24) is 4.72 Å². The molecule has 0 atom stereocenters. The Kier molecular flexibility index (Phi) is 4.53. The van der Waals surface area contributed by atoms with Gasteiger partial charge in [-0.1, -0.05) is 12.1 Å². The zero-order chi connectivity index (χ0) is 13.0. The van der Waals surface area contributed by atoms with E-state index < -0.39 is 10.0 Å². The third-order valence-electron chi connectivity index (χ3n) is 2.70. The van der Waals surface area contributed by atoms with Crippen molar-refractivity contribution in [1.29, 1.82) is 0 Å². The molecule has 1 fully saturated rings. The lowest BCUT2D eigenvalue weighted by atomic mass is 10.3. The number of nitrogens with one attached hydrogen (secondary N) is 2. The van der Waals surface area contributed by atoms with Crippen molar-refractivity contribution >= 4 is 27.5 Å². The summed E-state index contributed by atoms with van der Waals surface area (Å²) < 4.78 is 27.1. The van der Waals surface area contributed by atoms with Gasteiger partial charge in [-0.2, -0.15) is 11.8 Å². The Hall–Kier alpha value is -0.720. The number of hydrogen-bond acceptors (Lipinski definition) is 4. The average molecular weight is 286 g/mol. The molecule has 0 aromatic heterocycles. The molecule has 0 radical (unpaired) electrons. The van der Waals surface area contributed by atoms with Crippen LogP contribution in [0, 0.1) is 0 Å². The highest BCUT2D eigenvalue weighted by Gasteiger charge is 2.29. The van der Waals surface area contributed by atoms with Crippen molar-refractivity contribution in [2.24, 2.45) is 0 Å². The summed E-state index contributed by atoms with van der Waals surface area (Å²) in [4.78, 5) is 0.345. The van der Waals surface area contributed by atoms with Crippen LogP contribution >= 0.6 is 11.8 Å². The summed E-state index contributed by atoms with van der Waals surface area (Å²) in [6, 6.07) is 7.18. The molecule has 0 aliphatic heterocycles. The van der Waals surface area contributed by atoms with E-state index in [1.807, 2.05) is 18.4 Å². The maximum absolute atomic E-state index is 12.2. The Balaban J connectivity index is 2.15. The van der Waals surface area contributed by atoms with Gasteiger partial charge in [0.25, 0.3) is 0 Å². The molecule has 2 N–H and O–H groups in total. The van der Waals surface area contributed by atoms with E-state index in [2.05, 4.69) is 10.0 Å². The van der Waals surface area contributed by atoms with Crippen molar-refractivity contribution in [3.05, 3.63) is 24.3 Å². The second kappa shape index (κ2) is 5.95. The van der Waals surface area contributed by atoms with Gasteiger partial charge < -0.3 is 5.32 Å². The fourth-order valence-corrected chi connectivity index (χ4v) is 3.41. The normalized spacial score (nSPS) is 15.6. The smallest absolute Gasteiger partial charge is 0.242 e. The van der Waals surface area contributed by atoms with Crippen LogP contribution in [0.3, 0.4) is 0 Å². The van der Waals surface area contributed by atoms with E-state index >= 15 is 0 Å². The summed E-state index contributed by atoms with van der Waals surface area (Å²) in [5.74, 6) is 0.949. The SMILES string of the molecule is CSCCNc1ccccc1S(=O)(=O)NC1CC1. The van der Waals surface area contributed by atoms with Crippen LogP contribution in [0.15, 0.2) is 29.2 Å². The van der Waals surface area contributed by atoms with Crippen LogP contribution in [-0.4, -0.2) is 33.0 Å². The Morgan fingerprint density at radius 2 is 2.06 bits per heavy atom. The van der Waals surface area contributed by atoms with Crippen molar-refractivity contribution in [2.75, 3.05) is 23.9 Å². The van der Waals surface area contributed by atoms with Gasteiger partial charge in [-0.05, 0) is 31.2 Å². The number of anilines is 1. The molecule has 0 bridgehead atoms. The lowest BCUT2D eigenvalue weighted by molar-refractivity contribution is 0.581. The average Bonchev–Trinajstić information content (AvgIpc) is 3.13. The van der Waals surface area contributed by atoms with Crippen molar-refractivity contribution in [2.45, 2.75) is 23.8 Å². The van der Waals surface area contributed by atoms with Crippen molar-refractivity contribution < 1.29 is 8.42 Å². The van der Waals surface area contributed by atoms with Crippen molar-refractivity contribution in [3.8, 4) is 0 Å². The Bertz CT molecular complexity index is 499. The van der Waals surface area contributed by atoms with Gasteiger partial charge in [-0.25, -0.2) is 13.1 Å². The zero-order valence-corrected chi connectivity index (χ0v) is 12.0. The molecule has 0 saturated heterocycles. The predicted octanol–water partition coefficient (Wildman–Crippen LogP) is 1.90. The molecule has 18 heavy (non-hydrogen) atoms. The van der Waals surface area contributed by atoms with Crippen LogP contribution in [0.1, 0.15) is 12.8 Å². The monoisotopic (exact) mass is 286 g/mol. The second-order valence-corrected chi connectivity index (χ2v) is 6.98. The molecule has 2 rings (SSSR count). The molecule has 100 valence electrons. The molecule has 0 heterocycles. The molecule has 1 aliphatic rings. The van der Waals surface area contributed by atoms with Crippen LogP contribution in [-0.2, 0) is 10.0 Å². The Morgan fingerprint density at radius 1 is 1.33 bits per heavy atom. The van der Waals surface area contributed by atoms with Gasteiger partial charge in [0.1, 0.15) is 4.90 Å². The summed E-state index contributed by atoms with van der Waals surface area (Å²) >= 11 is 1.73. The summed E-state index contributed by atoms with van der Waals surface area (Å²) in [5.41, 5.74) is 0.680. The molecule has 0 spiro atoms. The topological polar surface area (TPSA) is 58.2 Å². The van der Waals surface area contributed by atoms with Crippen LogP contribution in [0.25, 0.3) is 0 Å². The number of hydrogen-bond donors (Lipinski definition) is 2. The summed E-state index contributed by atoms with van der Waals surface area (Å²) in [6.45, 7) is 0.761. The molecular weight excluding hydrogens is 268 g/mol. The highest BCUT2D eigenvalue weighted by molar-refractivity contribution is 7.98. The minimum Gasteiger partial charge on any atom is -0.383 e. The molecule has 0 unspecified atom stereocenters. The summed E-state index contributed by atoms with van der Waals surface area (Å²) in [5, 5.41) is 3.17. The number of thioether (sulfide) groups is 1. The molecule has 1 aliphatic carbocycles. The predicted molar refractivity (Wildman–Crippen MR) is 76.7 cm³/mol. The van der Waals surface area contributed by atoms with Crippen LogP contribution in [0.4, 0.5) is 5.69 Å². The highest BCUT2D eigenvalue weighted by Crippen LogP contribution is 2.25. The highest BCUT2D eigenvalue weighted by atomic mass is 32.2. The van der Waals surface area contributed by atoms with Crippen LogP contribution < -0.4 is 10.0 Å². The van der Waals surface area contributed by atoms with E-state index in [0.29, 0.717) is 10.6 Å². The lowest BCUT2D eigenvalue weighted by Gasteiger charge is -2.12. The lowest BCUT2D eigenvalue weighted by Crippen LogP contribution is -2.26. The Labute approximate surface area is 113 Å². The van der Waals surface area contributed by atoms with Gasteiger partial charge in [-0.3, -0.25) is 0 Å². The summed E-state index contributed by atoms with van der Waals surface area (Å²) in [6.07, 6.45) is 3.92. The van der Waals surface area contributed by atoms with E-state index in [4.69, 9.17) is 0 Å².